The summed E-state index contributed by atoms with van der Waals surface area (Å²) in [6, 6.07) is 4.77. The summed E-state index contributed by atoms with van der Waals surface area (Å²) in [5, 5.41) is 14.8. The first-order valence-electron chi connectivity index (χ1n) is 7.72. The molecule has 2 aromatic rings. The number of methoxy groups -OCH3 is 3. The van der Waals surface area contributed by atoms with Crippen LogP contribution in [0, 0.1) is 0 Å². The molecule has 1 aliphatic rings. The largest absolute Gasteiger partial charge is 0.497 e. The van der Waals surface area contributed by atoms with Crippen molar-refractivity contribution in [3.8, 4) is 11.5 Å². The van der Waals surface area contributed by atoms with Gasteiger partial charge in [0.05, 0.1) is 26.9 Å². The molecule has 1 atom stereocenters. The van der Waals surface area contributed by atoms with Crippen molar-refractivity contribution in [2.24, 2.45) is 0 Å². The number of esters is 1. The Morgan fingerprint density at radius 2 is 2.08 bits per heavy atom. The third-order valence-electron chi connectivity index (χ3n) is 4.09. The highest BCUT2D eigenvalue weighted by atomic mass is 16.5. The van der Waals surface area contributed by atoms with Gasteiger partial charge in [0, 0.05) is 11.3 Å². The molecule has 1 N–H and O–H groups in total. The molecule has 1 aliphatic heterocycles. The lowest BCUT2D eigenvalue weighted by molar-refractivity contribution is -0.136. The summed E-state index contributed by atoms with van der Waals surface area (Å²) in [5.41, 5.74) is 1.82. The minimum Gasteiger partial charge on any atom is -0.497 e. The van der Waals surface area contributed by atoms with E-state index in [0.717, 1.165) is 0 Å². The number of benzene rings is 1. The number of allylic oxidation sites excluding steroid dienone is 1. The van der Waals surface area contributed by atoms with E-state index in [2.05, 4.69) is 20.8 Å². The van der Waals surface area contributed by atoms with E-state index in [4.69, 9.17) is 14.2 Å². The van der Waals surface area contributed by atoms with Crippen LogP contribution in [0.25, 0.3) is 0 Å². The molecule has 3 rings (SSSR count). The number of ether oxygens (including phenoxy) is 3. The summed E-state index contributed by atoms with van der Waals surface area (Å²) in [5.74, 6) is 1.21. The van der Waals surface area contributed by atoms with Gasteiger partial charge in [0.25, 0.3) is 0 Å². The van der Waals surface area contributed by atoms with Crippen LogP contribution in [0.1, 0.15) is 24.9 Å². The molecule has 0 amide bonds. The number of carbonyl (C=O) groups is 1. The molecule has 132 valence electrons. The molecule has 1 aromatic carbocycles. The van der Waals surface area contributed by atoms with Gasteiger partial charge in [-0.3, -0.25) is 0 Å². The standard InChI is InChI=1S/C16H19N5O4/c1-5-11-13(15(22)25-4)14(21-16(17-11)18-19-20-21)10-8-9(23-2)6-7-12(10)24-3/h6-8,14H,5H2,1-4H3,(H,17,18,20). The molecule has 9 nitrogen and oxygen atoms in total. The zero-order chi connectivity index (χ0) is 18.0. The molecule has 25 heavy (non-hydrogen) atoms. The fourth-order valence-corrected chi connectivity index (χ4v) is 2.90. The number of nitrogens with zero attached hydrogens (tertiary/aromatic N) is 4. The normalized spacial score (nSPS) is 16.1. The minimum atomic E-state index is -0.598. The van der Waals surface area contributed by atoms with Gasteiger partial charge in [0.1, 0.15) is 17.5 Å². The first kappa shape index (κ1) is 16.7. The van der Waals surface area contributed by atoms with Gasteiger partial charge in [-0.15, -0.1) is 0 Å². The lowest BCUT2D eigenvalue weighted by Crippen LogP contribution is -2.30. The summed E-state index contributed by atoms with van der Waals surface area (Å²) in [4.78, 5) is 12.5. The van der Waals surface area contributed by atoms with Crippen LogP contribution in [0.15, 0.2) is 29.5 Å². The zero-order valence-corrected chi connectivity index (χ0v) is 14.4. The van der Waals surface area contributed by atoms with Crippen LogP contribution in [0.3, 0.4) is 0 Å². The molecular weight excluding hydrogens is 326 g/mol. The maximum absolute atomic E-state index is 12.5. The van der Waals surface area contributed by atoms with Crippen molar-refractivity contribution >= 4 is 11.9 Å². The van der Waals surface area contributed by atoms with Crippen LogP contribution in [0.2, 0.25) is 0 Å². The highest BCUT2D eigenvalue weighted by Crippen LogP contribution is 2.40. The predicted molar refractivity (Wildman–Crippen MR) is 88.5 cm³/mol. The van der Waals surface area contributed by atoms with E-state index >= 15 is 0 Å². The monoisotopic (exact) mass is 345 g/mol. The van der Waals surface area contributed by atoms with Crippen molar-refractivity contribution in [3.05, 3.63) is 35.0 Å². The number of nitrogens with one attached hydrogen (secondary N) is 1. The fraction of sp³-hybridized carbons (Fsp3) is 0.375. The first-order chi connectivity index (χ1) is 12.1. The van der Waals surface area contributed by atoms with Gasteiger partial charge in [-0.2, -0.15) is 4.68 Å². The molecule has 0 saturated carbocycles. The second kappa shape index (κ2) is 6.80. The van der Waals surface area contributed by atoms with Gasteiger partial charge in [-0.25, -0.2) is 4.79 Å². The molecule has 1 unspecified atom stereocenters. The topological polar surface area (TPSA) is 100 Å². The Labute approximate surface area is 144 Å². The summed E-state index contributed by atoms with van der Waals surface area (Å²) in [6.45, 7) is 1.94. The summed E-state index contributed by atoms with van der Waals surface area (Å²) in [6.07, 6.45) is 0.583. The van der Waals surface area contributed by atoms with E-state index in [-0.39, 0.29) is 0 Å². The third-order valence-corrected chi connectivity index (χ3v) is 4.09. The van der Waals surface area contributed by atoms with Gasteiger partial charge >= 0.3 is 5.97 Å². The number of hydrogen-bond donors (Lipinski definition) is 1. The third kappa shape index (κ3) is 2.77. The second-order valence-corrected chi connectivity index (χ2v) is 5.32. The Hall–Kier alpha value is -3.10. The van der Waals surface area contributed by atoms with Crippen LogP contribution >= 0.6 is 0 Å². The number of fused-ring (bicyclic) bond motifs is 1. The molecule has 0 bridgehead atoms. The van der Waals surface area contributed by atoms with Crippen molar-refractivity contribution < 1.29 is 19.0 Å². The van der Waals surface area contributed by atoms with Crippen LogP contribution in [0.4, 0.5) is 5.95 Å². The Morgan fingerprint density at radius 3 is 2.72 bits per heavy atom. The van der Waals surface area contributed by atoms with E-state index < -0.39 is 12.0 Å². The van der Waals surface area contributed by atoms with Gasteiger partial charge in [0.2, 0.25) is 5.95 Å². The zero-order valence-electron chi connectivity index (χ0n) is 14.4. The Morgan fingerprint density at radius 1 is 1.28 bits per heavy atom. The second-order valence-electron chi connectivity index (χ2n) is 5.32. The maximum atomic E-state index is 12.5. The molecule has 0 aliphatic carbocycles. The van der Waals surface area contributed by atoms with Crippen LogP contribution in [-0.2, 0) is 9.53 Å². The summed E-state index contributed by atoms with van der Waals surface area (Å²) >= 11 is 0. The van der Waals surface area contributed by atoms with Crippen molar-refractivity contribution in [3.63, 3.8) is 0 Å². The fourth-order valence-electron chi connectivity index (χ4n) is 2.90. The average Bonchev–Trinajstić information content (AvgIpc) is 3.13. The van der Waals surface area contributed by atoms with Crippen LogP contribution in [0.5, 0.6) is 11.5 Å². The number of aromatic nitrogens is 4. The van der Waals surface area contributed by atoms with Gasteiger partial charge < -0.3 is 19.5 Å². The van der Waals surface area contributed by atoms with Crippen molar-refractivity contribution in [1.29, 1.82) is 0 Å². The first-order valence-corrected chi connectivity index (χ1v) is 7.72. The van der Waals surface area contributed by atoms with Crippen LogP contribution < -0.4 is 14.8 Å². The summed E-state index contributed by atoms with van der Waals surface area (Å²) in [7, 11) is 4.48. The number of tetrazole rings is 1. The number of rotatable bonds is 5. The van der Waals surface area contributed by atoms with E-state index in [0.29, 0.717) is 40.7 Å². The van der Waals surface area contributed by atoms with E-state index in [1.807, 2.05) is 6.92 Å². The SMILES string of the molecule is CCC1=C(C(=O)OC)C(c2cc(OC)ccc2OC)n2nnnc2N1. The molecule has 0 fully saturated rings. The molecule has 0 radical (unpaired) electrons. The van der Waals surface area contributed by atoms with Gasteiger partial charge in [0.15, 0.2) is 0 Å². The van der Waals surface area contributed by atoms with Crippen LogP contribution in [-0.4, -0.2) is 47.5 Å². The van der Waals surface area contributed by atoms with Crippen molar-refractivity contribution in [2.45, 2.75) is 19.4 Å². The van der Waals surface area contributed by atoms with Gasteiger partial charge in [-0.05, 0) is 35.0 Å². The highest BCUT2D eigenvalue weighted by Gasteiger charge is 2.37. The quantitative estimate of drug-likeness (QED) is 0.815. The highest BCUT2D eigenvalue weighted by molar-refractivity contribution is 5.92. The maximum Gasteiger partial charge on any atom is 0.338 e. The van der Waals surface area contributed by atoms with E-state index in [1.165, 1.54) is 11.8 Å². The number of anilines is 1. The molecule has 0 saturated heterocycles. The van der Waals surface area contributed by atoms with Crippen molar-refractivity contribution in [1.82, 2.24) is 20.2 Å². The molecule has 2 heterocycles. The summed E-state index contributed by atoms with van der Waals surface area (Å²) < 4.78 is 17.3. The molecule has 9 heteroatoms. The molecule has 1 aromatic heterocycles. The molecular formula is C16H19N5O4. The number of hydrogen-bond acceptors (Lipinski definition) is 8. The Bertz CT molecular complexity index is 830. The number of carbonyl (C=O) groups excluding carboxylic acids is 1. The lowest BCUT2D eigenvalue weighted by Gasteiger charge is -2.29. The van der Waals surface area contributed by atoms with E-state index in [1.54, 1.807) is 32.4 Å². The lowest BCUT2D eigenvalue weighted by atomic mass is 9.93. The van der Waals surface area contributed by atoms with Gasteiger partial charge in [-0.1, -0.05) is 12.0 Å². The Kier molecular flexibility index (Phi) is 4.55. The van der Waals surface area contributed by atoms with Crippen molar-refractivity contribution in [2.75, 3.05) is 26.6 Å². The minimum absolute atomic E-state index is 0.427. The smallest absolute Gasteiger partial charge is 0.338 e. The van der Waals surface area contributed by atoms with E-state index in [9.17, 15) is 4.79 Å². The average molecular weight is 345 g/mol. The Balaban J connectivity index is 2.27. The predicted octanol–water partition coefficient (Wildman–Crippen LogP) is 1.54. The molecule has 0 spiro atoms.